The number of rotatable bonds is 7. The number of esters is 1. The zero-order chi connectivity index (χ0) is 23.5. The molecule has 0 saturated carbocycles. The molecular weight excluding hydrogens is 477 g/mol. The number of carbonyl (C=O) groups is 1. The van der Waals surface area contributed by atoms with Crippen LogP contribution < -0.4 is 9.47 Å². The summed E-state index contributed by atoms with van der Waals surface area (Å²) in [5, 5.41) is 0.385. The maximum atomic E-state index is 13.5. The summed E-state index contributed by atoms with van der Waals surface area (Å²) in [6, 6.07) is 9.40. The van der Waals surface area contributed by atoms with E-state index in [0.717, 1.165) is 12.1 Å². The van der Waals surface area contributed by atoms with Crippen LogP contribution in [0.25, 0.3) is 11.3 Å². The normalized spacial score (nSPS) is 11.5. The SMILES string of the molecule is C=CC(=O)Oc1c(OCc2c(-c3ccc(Cl)cc3)nsc2C(F)(F)F)cccc1C(F)F. The number of benzene rings is 2. The fraction of sp³-hybridized carbons (Fsp3) is 0.143. The Morgan fingerprint density at radius 1 is 1.19 bits per heavy atom. The third-order valence-corrected chi connectivity index (χ3v) is 5.34. The molecule has 0 saturated heterocycles. The molecule has 0 fully saturated rings. The van der Waals surface area contributed by atoms with Crippen molar-refractivity contribution in [3.8, 4) is 22.8 Å². The minimum atomic E-state index is -4.72. The van der Waals surface area contributed by atoms with E-state index < -0.39 is 41.4 Å². The second kappa shape index (κ2) is 9.66. The number of para-hydroxylation sites is 1. The van der Waals surface area contributed by atoms with Crippen molar-refractivity contribution in [1.29, 1.82) is 0 Å². The van der Waals surface area contributed by atoms with Gasteiger partial charge in [-0.3, -0.25) is 0 Å². The van der Waals surface area contributed by atoms with Gasteiger partial charge >= 0.3 is 12.1 Å². The molecule has 2 aromatic carbocycles. The Hall–Kier alpha value is -2.98. The number of carbonyl (C=O) groups excluding carboxylic acids is 1. The molecule has 11 heteroatoms. The molecule has 0 spiro atoms. The Balaban J connectivity index is 2.02. The smallest absolute Gasteiger partial charge is 0.427 e. The Kier molecular flexibility index (Phi) is 7.15. The van der Waals surface area contributed by atoms with Crippen LogP contribution in [0.5, 0.6) is 11.5 Å². The van der Waals surface area contributed by atoms with Crippen LogP contribution in [-0.4, -0.2) is 10.3 Å². The summed E-state index contributed by atoms with van der Waals surface area (Å²) in [4.78, 5) is 10.6. The Bertz CT molecular complexity index is 1130. The van der Waals surface area contributed by atoms with Crippen molar-refractivity contribution < 1.29 is 36.2 Å². The van der Waals surface area contributed by atoms with Crippen LogP contribution in [0.3, 0.4) is 0 Å². The summed E-state index contributed by atoms with van der Waals surface area (Å²) in [6.07, 6.45) is -6.98. The topological polar surface area (TPSA) is 48.4 Å². The highest BCUT2D eigenvalue weighted by atomic mass is 35.5. The van der Waals surface area contributed by atoms with Crippen molar-refractivity contribution in [3.05, 3.63) is 76.1 Å². The monoisotopic (exact) mass is 489 g/mol. The average Bonchev–Trinajstić information content (AvgIpc) is 3.17. The van der Waals surface area contributed by atoms with Crippen molar-refractivity contribution in [2.45, 2.75) is 19.2 Å². The first-order valence-electron chi connectivity index (χ1n) is 8.81. The quantitative estimate of drug-likeness (QED) is 0.154. The lowest BCUT2D eigenvalue weighted by molar-refractivity contribution is -0.135. The molecule has 4 nitrogen and oxygen atoms in total. The van der Waals surface area contributed by atoms with Gasteiger partial charge in [-0.15, -0.1) is 0 Å². The van der Waals surface area contributed by atoms with Crippen LogP contribution in [0.1, 0.15) is 22.4 Å². The Labute approximate surface area is 188 Å². The number of nitrogens with zero attached hydrogens (tertiary/aromatic N) is 1. The van der Waals surface area contributed by atoms with Crippen molar-refractivity contribution >= 4 is 29.1 Å². The van der Waals surface area contributed by atoms with E-state index in [2.05, 4.69) is 11.0 Å². The molecule has 1 aromatic heterocycles. The van der Waals surface area contributed by atoms with Crippen LogP contribution in [0.4, 0.5) is 22.0 Å². The number of halogens is 6. The van der Waals surface area contributed by atoms with E-state index in [9.17, 15) is 26.7 Å². The van der Waals surface area contributed by atoms with Gasteiger partial charge in [0, 0.05) is 22.2 Å². The van der Waals surface area contributed by atoms with Gasteiger partial charge in [0.15, 0.2) is 11.5 Å². The molecule has 0 amide bonds. The minimum absolute atomic E-state index is 0.00800. The lowest BCUT2D eigenvalue weighted by Crippen LogP contribution is -2.10. The van der Waals surface area contributed by atoms with Crippen molar-refractivity contribution in [1.82, 2.24) is 4.37 Å². The summed E-state index contributed by atoms with van der Waals surface area (Å²) in [5.74, 6) is -1.96. The molecule has 0 aliphatic carbocycles. The van der Waals surface area contributed by atoms with Crippen molar-refractivity contribution in [2.24, 2.45) is 0 Å². The second-order valence-electron chi connectivity index (χ2n) is 6.23. The number of hydrogen-bond acceptors (Lipinski definition) is 5. The fourth-order valence-corrected chi connectivity index (χ4v) is 3.61. The third-order valence-electron chi connectivity index (χ3n) is 4.15. The minimum Gasteiger partial charge on any atom is -0.485 e. The molecule has 0 aliphatic rings. The predicted molar refractivity (Wildman–Crippen MR) is 109 cm³/mol. The number of alkyl halides is 5. The van der Waals surface area contributed by atoms with Crippen LogP contribution in [0, 0.1) is 0 Å². The first kappa shape index (κ1) is 23.7. The number of aromatic nitrogens is 1. The van der Waals surface area contributed by atoms with Gasteiger partial charge in [-0.1, -0.05) is 36.4 Å². The van der Waals surface area contributed by atoms with Crippen LogP contribution in [0.2, 0.25) is 5.02 Å². The van der Waals surface area contributed by atoms with E-state index in [4.69, 9.17) is 21.1 Å². The molecule has 32 heavy (non-hydrogen) atoms. The molecular formula is C21H13ClF5NO3S. The molecule has 0 radical (unpaired) electrons. The molecule has 0 atom stereocenters. The second-order valence-corrected chi connectivity index (χ2v) is 7.44. The highest BCUT2D eigenvalue weighted by molar-refractivity contribution is 7.06. The number of hydrogen-bond donors (Lipinski definition) is 0. The summed E-state index contributed by atoms with van der Waals surface area (Å²) in [6.45, 7) is 2.52. The Morgan fingerprint density at radius 3 is 2.47 bits per heavy atom. The maximum absolute atomic E-state index is 13.5. The highest BCUT2D eigenvalue weighted by Gasteiger charge is 2.38. The molecule has 1 heterocycles. The van der Waals surface area contributed by atoms with Gasteiger partial charge in [0.25, 0.3) is 6.43 Å². The Morgan fingerprint density at radius 2 is 1.88 bits per heavy atom. The van der Waals surface area contributed by atoms with E-state index in [1.54, 1.807) is 0 Å². The molecule has 0 N–H and O–H groups in total. The lowest BCUT2D eigenvalue weighted by atomic mass is 10.1. The van der Waals surface area contributed by atoms with Crippen LogP contribution in [0.15, 0.2) is 55.1 Å². The van der Waals surface area contributed by atoms with Crippen molar-refractivity contribution in [2.75, 3.05) is 0 Å². The van der Waals surface area contributed by atoms with Crippen molar-refractivity contribution in [3.63, 3.8) is 0 Å². The average molecular weight is 490 g/mol. The zero-order valence-electron chi connectivity index (χ0n) is 16.0. The third kappa shape index (κ3) is 5.25. The highest BCUT2D eigenvalue weighted by Crippen LogP contribution is 2.42. The largest absolute Gasteiger partial charge is 0.485 e. The molecule has 168 valence electrons. The van der Waals surface area contributed by atoms with Gasteiger partial charge in [-0.05, 0) is 35.8 Å². The molecule has 0 unspecified atom stereocenters. The van der Waals surface area contributed by atoms with E-state index in [1.807, 2.05) is 0 Å². The summed E-state index contributed by atoms with van der Waals surface area (Å²) in [5.41, 5.74) is -0.587. The lowest BCUT2D eigenvalue weighted by Gasteiger charge is -2.15. The van der Waals surface area contributed by atoms with Gasteiger partial charge in [-0.2, -0.15) is 17.5 Å². The predicted octanol–water partition coefficient (Wildman–Crippen LogP) is 7.09. The van der Waals surface area contributed by atoms with E-state index in [-0.39, 0.29) is 28.5 Å². The van der Waals surface area contributed by atoms with Gasteiger partial charge in [0.2, 0.25) is 0 Å². The molecule has 3 aromatic rings. The van der Waals surface area contributed by atoms with E-state index >= 15 is 0 Å². The summed E-state index contributed by atoms with van der Waals surface area (Å²) in [7, 11) is 0. The van der Waals surface area contributed by atoms with Crippen LogP contribution >= 0.6 is 23.1 Å². The summed E-state index contributed by atoms with van der Waals surface area (Å²) < 4.78 is 81.6. The summed E-state index contributed by atoms with van der Waals surface area (Å²) >= 11 is 6.07. The van der Waals surface area contributed by atoms with E-state index in [0.29, 0.717) is 10.6 Å². The maximum Gasteiger partial charge on any atom is 0.427 e. The van der Waals surface area contributed by atoms with E-state index in [1.165, 1.54) is 36.4 Å². The van der Waals surface area contributed by atoms with Gasteiger partial charge in [-0.25, -0.2) is 13.6 Å². The molecule has 0 bridgehead atoms. The van der Waals surface area contributed by atoms with Crippen LogP contribution in [-0.2, 0) is 17.6 Å². The molecule has 3 rings (SSSR count). The zero-order valence-corrected chi connectivity index (χ0v) is 17.5. The van der Waals surface area contributed by atoms with Gasteiger partial charge < -0.3 is 9.47 Å². The standard InChI is InChI=1S/C21H13ClF5NO3S/c1-2-16(29)31-18-13(20(23)24)4-3-5-15(18)30-10-14-17(11-6-8-12(22)9-7-11)28-32-19(14)21(25,26)27/h2-9,20H,1,10H2. The van der Waals surface area contributed by atoms with Gasteiger partial charge in [0.1, 0.15) is 11.5 Å². The number of ether oxygens (including phenoxy) is 2. The fourth-order valence-electron chi connectivity index (χ4n) is 2.72. The van der Waals surface area contributed by atoms with Gasteiger partial charge in [0.05, 0.1) is 11.3 Å². The first-order valence-corrected chi connectivity index (χ1v) is 9.96. The molecule has 0 aliphatic heterocycles. The first-order chi connectivity index (χ1) is 15.1.